The number of methoxy groups -OCH3 is 2. The van der Waals surface area contributed by atoms with Crippen LogP contribution in [0, 0.1) is 0 Å². The van der Waals surface area contributed by atoms with Crippen LogP contribution in [0.3, 0.4) is 0 Å². The van der Waals surface area contributed by atoms with Crippen LogP contribution in [-0.4, -0.2) is 57.2 Å². The highest BCUT2D eigenvalue weighted by Crippen LogP contribution is 2.31. The number of hydrogen-bond acceptors (Lipinski definition) is 6. The Bertz CT molecular complexity index is 1030. The maximum Gasteiger partial charge on any atom is 0.251 e. The zero-order valence-corrected chi connectivity index (χ0v) is 20.2. The molecular weight excluding hydrogens is 434 g/mol. The largest absolute Gasteiger partial charge is 0.493 e. The van der Waals surface area contributed by atoms with E-state index in [0.717, 1.165) is 26.2 Å². The van der Waals surface area contributed by atoms with Crippen LogP contribution in [0.5, 0.6) is 11.5 Å². The van der Waals surface area contributed by atoms with E-state index in [1.807, 2.05) is 0 Å². The maximum absolute atomic E-state index is 13.1. The van der Waals surface area contributed by atoms with Crippen molar-refractivity contribution in [2.75, 3.05) is 45.3 Å². The molecule has 6 nitrogen and oxygen atoms in total. The predicted octanol–water partition coefficient (Wildman–Crippen LogP) is 4.45. The van der Waals surface area contributed by atoms with E-state index in [-0.39, 0.29) is 18.0 Å². The molecule has 1 N–H and O–H groups in total. The summed E-state index contributed by atoms with van der Waals surface area (Å²) in [6.45, 7) is 5.89. The Labute approximate surface area is 199 Å². The third-order valence-corrected chi connectivity index (χ3v) is 7.08. The van der Waals surface area contributed by atoms with Gasteiger partial charge >= 0.3 is 0 Å². The third kappa shape index (κ3) is 5.31. The quantitative estimate of drug-likeness (QED) is 0.533. The van der Waals surface area contributed by atoms with Crippen molar-refractivity contribution >= 4 is 22.9 Å². The number of hydrogen-bond donors (Lipinski definition) is 1. The molecule has 0 radical (unpaired) electrons. The Balaban J connectivity index is 1.47. The molecule has 1 saturated heterocycles. The van der Waals surface area contributed by atoms with Crippen molar-refractivity contribution in [1.29, 1.82) is 0 Å². The van der Waals surface area contributed by atoms with Crippen LogP contribution in [-0.2, 0) is 0 Å². The normalized spacial score (nSPS) is 16.2. The van der Waals surface area contributed by atoms with Crippen LogP contribution in [0.1, 0.15) is 28.2 Å². The lowest BCUT2D eigenvalue weighted by Gasteiger charge is -2.42. The summed E-state index contributed by atoms with van der Waals surface area (Å²) in [4.78, 5) is 19.3. The van der Waals surface area contributed by atoms with Crippen molar-refractivity contribution in [2.45, 2.75) is 19.0 Å². The van der Waals surface area contributed by atoms with E-state index < -0.39 is 0 Å². The fourth-order valence-electron chi connectivity index (χ4n) is 4.45. The molecule has 2 heterocycles. The van der Waals surface area contributed by atoms with Crippen LogP contribution < -0.4 is 19.7 Å². The molecular formula is C26H31N3O3S. The number of carbonyl (C=O) groups is 1. The average molecular weight is 466 g/mol. The monoisotopic (exact) mass is 465 g/mol. The minimum absolute atomic E-state index is 0.0625. The van der Waals surface area contributed by atoms with Crippen LogP contribution in [0.4, 0.5) is 5.69 Å². The fraction of sp³-hybridized carbons (Fsp3) is 0.346. The first kappa shape index (κ1) is 23.1. The van der Waals surface area contributed by atoms with Gasteiger partial charge in [-0.1, -0.05) is 24.3 Å². The van der Waals surface area contributed by atoms with E-state index in [1.54, 1.807) is 43.8 Å². The highest BCUT2D eigenvalue weighted by atomic mass is 32.1. The van der Waals surface area contributed by atoms with Gasteiger partial charge in [0.05, 0.1) is 20.3 Å². The lowest BCUT2D eigenvalue weighted by molar-refractivity contribution is 0.0890. The smallest absolute Gasteiger partial charge is 0.251 e. The minimum Gasteiger partial charge on any atom is -0.493 e. The molecule has 0 unspecified atom stereocenters. The molecule has 0 saturated carbocycles. The number of nitrogens with zero attached hydrogens (tertiary/aromatic N) is 2. The maximum atomic E-state index is 13.1. The van der Waals surface area contributed by atoms with Gasteiger partial charge in [0, 0.05) is 48.3 Å². The van der Waals surface area contributed by atoms with E-state index >= 15 is 0 Å². The molecule has 2 atom stereocenters. The first-order valence-corrected chi connectivity index (χ1v) is 12.1. The van der Waals surface area contributed by atoms with Crippen LogP contribution in [0.25, 0.3) is 0 Å². The number of amides is 1. The number of anilines is 1. The molecule has 2 aromatic carbocycles. The summed E-state index contributed by atoms with van der Waals surface area (Å²) in [6.07, 6.45) is 0. The van der Waals surface area contributed by atoms with Gasteiger partial charge in [-0.05, 0) is 48.7 Å². The Morgan fingerprint density at radius 3 is 2.30 bits per heavy atom. The number of ether oxygens (including phenoxy) is 2. The van der Waals surface area contributed by atoms with Gasteiger partial charge in [-0.2, -0.15) is 0 Å². The van der Waals surface area contributed by atoms with Crippen LogP contribution in [0.15, 0.2) is 66.0 Å². The highest BCUT2D eigenvalue weighted by Gasteiger charge is 2.31. The lowest BCUT2D eigenvalue weighted by atomic mass is 10.0. The first-order valence-electron chi connectivity index (χ1n) is 11.2. The molecule has 174 valence electrons. The van der Waals surface area contributed by atoms with E-state index in [1.165, 1.54) is 10.6 Å². The topological polar surface area (TPSA) is 54.0 Å². The molecule has 3 aromatic rings. The molecule has 0 bridgehead atoms. The number of rotatable bonds is 8. The standard InChI is InChI=1S/C26H31N3O3S/c1-19(27-26(30)20-11-12-22(31-2)23(18-20)32-3)25(24-10-7-17-33-24)29-15-13-28(14-16-29)21-8-5-4-6-9-21/h4-12,17-19,25H,13-16H2,1-3H3,(H,27,30)/t19-,25+/m1/s1. The summed E-state index contributed by atoms with van der Waals surface area (Å²) in [5.74, 6) is 1.03. The second-order valence-electron chi connectivity index (χ2n) is 8.15. The minimum atomic E-state index is -0.118. The predicted molar refractivity (Wildman–Crippen MR) is 134 cm³/mol. The second kappa shape index (κ2) is 10.7. The van der Waals surface area contributed by atoms with Gasteiger partial charge in [0.15, 0.2) is 11.5 Å². The highest BCUT2D eigenvalue weighted by molar-refractivity contribution is 7.10. The summed E-state index contributed by atoms with van der Waals surface area (Å²) < 4.78 is 10.7. The van der Waals surface area contributed by atoms with Crippen molar-refractivity contribution in [2.24, 2.45) is 0 Å². The third-order valence-electron chi connectivity index (χ3n) is 6.14. The van der Waals surface area contributed by atoms with Crippen molar-refractivity contribution in [3.05, 3.63) is 76.5 Å². The zero-order chi connectivity index (χ0) is 23.2. The molecule has 7 heteroatoms. The Morgan fingerprint density at radius 1 is 0.939 bits per heavy atom. The second-order valence-corrected chi connectivity index (χ2v) is 9.13. The Kier molecular flexibility index (Phi) is 7.52. The van der Waals surface area contributed by atoms with Gasteiger partial charge in [-0.25, -0.2) is 0 Å². The van der Waals surface area contributed by atoms with Gasteiger partial charge in [-0.3, -0.25) is 9.69 Å². The van der Waals surface area contributed by atoms with Crippen molar-refractivity contribution in [1.82, 2.24) is 10.2 Å². The summed E-state index contributed by atoms with van der Waals surface area (Å²) >= 11 is 1.74. The summed E-state index contributed by atoms with van der Waals surface area (Å²) in [5.41, 5.74) is 1.82. The van der Waals surface area contributed by atoms with Crippen molar-refractivity contribution in [3.8, 4) is 11.5 Å². The van der Waals surface area contributed by atoms with Gasteiger partial charge < -0.3 is 19.7 Å². The zero-order valence-electron chi connectivity index (χ0n) is 19.4. The Hall–Kier alpha value is -3.03. The van der Waals surface area contributed by atoms with Gasteiger partial charge in [-0.15, -0.1) is 11.3 Å². The molecule has 4 rings (SSSR count). The van der Waals surface area contributed by atoms with Crippen molar-refractivity contribution in [3.63, 3.8) is 0 Å². The molecule has 1 aliphatic rings. The molecule has 0 spiro atoms. The molecule has 1 fully saturated rings. The fourth-order valence-corrected chi connectivity index (χ4v) is 5.41. The Morgan fingerprint density at radius 2 is 1.67 bits per heavy atom. The van der Waals surface area contributed by atoms with E-state index in [0.29, 0.717) is 17.1 Å². The summed E-state index contributed by atoms with van der Waals surface area (Å²) in [5, 5.41) is 5.33. The van der Waals surface area contributed by atoms with Gasteiger partial charge in [0.2, 0.25) is 0 Å². The summed E-state index contributed by atoms with van der Waals surface area (Å²) in [6, 6.07) is 20.1. The molecule has 1 aromatic heterocycles. The van der Waals surface area contributed by atoms with Crippen molar-refractivity contribution < 1.29 is 14.3 Å². The molecule has 0 aliphatic carbocycles. The first-order chi connectivity index (χ1) is 16.1. The number of para-hydroxylation sites is 1. The van der Waals surface area contributed by atoms with Crippen LogP contribution >= 0.6 is 11.3 Å². The molecule has 1 amide bonds. The SMILES string of the molecule is COc1ccc(C(=O)N[C@H](C)[C@@H](c2cccs2)N2CCN(c3ccccc3)CC2)cc1OC. The van der Waals surface area contributed by atoms with Gasteiger partial charge in [0.1, 0.15) is 0 Å². The molecule has 1 aliphatic heterocycles. The number of benzene rings is 2. The summed E-state index contributed by atoms with van der Waals surface area (Å²) in [7, 11) is 3.16. The van der Waals surface area contributed by atoms with Crippen LogP contribution in [0.2, 0.25) is 0 Å². The van der Waals surface area contributed by atoms with E-state index in [4.69, 9.17) is 9.47 Å². The van der Waals surface area contributed by atoms with E-state index in [2.05, 4.69) is 69.9 Å². The molecule has 33 heavy (non-hydrogen) atoms. The number of nitrogens with one attached hydrogen (secondary N) is 1. The number of carbonyl (C=O) groups excluding carboxylic acids is 1. The average Bonchev–Trinajstić information content (AvgIpc) is 3.39. The van der Waals surface area contributed by atoms with E-state index in [9.17, 15) is 4.79 Å². The number of piperazine rings is 1. The van der Waals surface area contributed by atoms with Gasteiger partial charge in [0.25, 0.3) is 5.91 Å². The lowest BCUT2D eigenvalue weighted by Crippen LogP contribution is -2.52. The number of thiophene rings is 1.